The fourth-order valence-corrected chi connectivity index (χ4v) is 4.44. The van der Waals surface area contributed by atoms with Gasteiger partial charge in [-0.2, -0.15) is 4.31 Å². The minimum absolute atomic E-state index is 0.0587. The number of hydrogen-bond donors (Lipinski definition) is 1. The Hall–Kier alpha value is -2.55. The van der Waals surface area contributed by atoms with Gasteiger partial charge in [-0.05, 0) is 47.5 Å². The lowest BCUT2D eigenvalue weighted by molar-refractivity contribution is -0.121. The highest BCUT2D eigenvalue weighted by Gasteiger charge is 2.26. The van der Waals surface area contributed by atoms with Crippen molar-refractivity contribution in [2.24, 2.45) is 0 Å². The Kier molecular flexibility index (Phi) is 7.36. The smallest absolute Gasteiger partial charge is 0.243 e. The number of carbonyl (C=O) groups is 1. The average molecular weight is 491 g/mol. The monoisotopic (exact) mass is 490 g/mol. The van der Waals surface area contributed by atoms with Gasteiger partial charge < -0.3 is 5.32 Å². The van der Waals surface area contributed by atoms with E-state index in [0.29, 0.717) is 0 Å². The Balaban J connectivity index is 1.77. The molecule has 3 rings (SSSR count). The quantitative estimate of drug-likeness (QED) is 0.516. The van der Waals surface area contributed by atoms with Gasteiger partial charge in [-0.25, -0.2) is 12.8 Å². The summed E-state index contributed by atoms with van der Waals surface area (Å²) in [7, 11) is -3.90. The van der Waals surface area contributed by atoms with Crippen LogP contribution in [-0.4, -0.2) is 25.2 Å². The maximum absolute atomic E-state index is 13.2. The summed E-state index contributed by atoms with van der Waals surface area (Å²) >= 11 is 3.29. The van der Waals surface area contributed by atoms with Crippen LogP contribution in [-0.2, 0) is 27.9 Å². The zero-order valence-electron chi connectivity index (χ0n) is 16.0. The molecule has 0 bridgehead atoms. The van der Waals surface area contributed by atoms with E-state index in [1.54, 1.807) is 36.4 Å². The van der Waals surface area contributed by atoms with Gasteiger partial charge in [0.2, 0.25) is 15.9 Å². The van der Waals surface area contributed by atoms with Crippen molar-refractivity contribution >= 4 is 31.9 Å². The largest absolute Gasteiger partial charge is 0.351 e. The van der Waals surface area contributed by atoms with E-state index in [9.17, 15) is 17.6 Å². The molecule has 0 atom stereocenters. The maximum Gasteiger partial charge on any atom is 0.243 e. The summed E-state index contributed by atoms with van der Waals surface area (Å²) in [5.41, 5.74) is 1.49. The van der Waals surface area contributed by atoms with Crippen molar-refractivity contribution in [2.75, 3.05) is 6.54 Å². The minimum atomic E-state index is -3.90. The normalized spacial score (nSPS) is 11.4. The first-order valence-corrected chi connectivity index (χ1v) is 11.4. The molecule has 30 heavy (non-hydrogen) atoms. The van der Waals surface area contributed by atoms with Crippen molar-refractivity contribution in [1.29, 1.82) is 0 Å². The second kappa shape index (κ2) is 9.97. The molecule has 5 nitrogen and oxygen atoms in total. The molecular weight excluding hydrogens is 471 g/mol. The molecule has 0 aliphatic carbocycles. The first-order valence-electron chi connectivity index (χ1n) is 9.15. The Bertz CT molecular complexity index is 1090. The van der Waals surface area contributed by atoms with Crippen molar-refractivity contribution in [1.82, 2.24) is 9.62 Å². The number of amides is 1. The van der Waals surface area contributed by atoms with Gasteiger partial charge in [0.1, 0.15) is 5.82 Å². The molecule has 3 aromatic rings. The van der Waals surface area contributed by atoms with Crippen molar-refractivity contribution in [3.63, 3.8) is 0 Å². The number of hydrogen-bond acceptors (Lipinski definition) is 3. The van der Waals surface area contributed by atoms with Crippen LogP contribution in [0.15, 0.2) is 88.2 Å². The van der Waals surface area contributed by atoms with Crippen molar-refractivity contribution in [3.05, 3.63) is 100 Å². The highest BCUT2D eigenvalue weighted by atomic mass is 79.9. The molecule has 0 saturated carbocycles. The van der Waals surface area contributed by atoms with Gasteiger partial charge >= 0.3 is 0 Å². The molecule has 8 heteroatoms. The second-order valence-corrected chi connectivity index (χ2v) is 9.47. The number of nitrogens with zero attached hydrogens (tertiary/aromatic N) is 1. The van der Waals surface area contributed by atoms with Crippen LogP contribution >= 0.6 is 15.9 Å². The highest BCUT2D eigenvalue weighted by Crippen LogP contribution is 2.20. The number of halogens is 2. The minimum Gasteiger partial charge on any atom is -0.351 e. The van der Waals surface area contributed by atoms with E-state index >= 15 is 0 Å². The van der Waals surface area contributed by atoms with E-state index < -0.39 is 15.9 Å². The Morgan fingerprint density at radius 3 is 2.17 bits per heavy atom. The highest BCUT2D eigenvalue weighted by molar-refractivity contribution is 9.10. The van der Waals surface area contributed by atoms with Gasteiger partial charge in [-0.1, -0.05) is 58.4 Å². The third-order valence-electron chi connectivity index (χ3n) is 4.38. The van der Waals surface area contributed by atoms with Crippen LogP contribution in [0, 0.1) is 5.82 Å². The summed E-state index contributed by atoms with van der Waals surface area (Å²) in [5.74, 6) is -0.810. The third-order valence-corrected chi connectivity index (χ3v) is 6.71. The molecule has 3 aromatic carbocycles. The zero-order chi connectivity index (χ0) is 21.6. The van der Waals surface area contributed by atoms with Gasteiger partial charge in [0.15, 0.2) is 0 Å². The molecule has 156 valence electrons. The number of carbonyl (C=O) groups excluding carboxylic acids is 1. The molecule has 0 unspecified atom stereocenters. The van der Waals surface area contributed by atoms with Crippen LogP contribution in [0.2, 0.25) is 0 Å². The topological polar surface area (TPSA) is 66.5 Å². The standard InChI is InChI=1S/C22H20BrFN2O3S/c23-19-8-12-21(13-9-19)30(28,29)26(15-18-4-2-1-3-5-18)16-22(27)25-14-17-6-10-20(24)11-7-17/h1-13H,14-16H2,(H,25,27). The van der Waals surface area contributed by atoms with E-state index in [4.69, 9.17) is 0 Å². The third kappa shape index (κ3) is 5.98. The summed E-state index contributed by atoms with van der Waals surface area (Å²) < 4.78 is 41.3. The van der Waals surface area contributed by atoms with Crippen molar-refractivity contribution in [3.8, 4) is 0 Å². The molecule has 0 saturated heterocycles. The fourth-order valence-electron chi connectivity index (χ4n) is 2.79. The van der Waals surface area contributed by atoms with Gasteiger partial charge in [0.25, 0.3) is 0 Å². The van der Waals surface area contributed by atoms with E-state index in [0.717, 1.165) is 19.9 Å². The van der Waals surface area contributed by atoms with Gasteiger partial charge in [0.05, 0.1) is 11.4 Å². The van der Waals surface area contributed by atoms with Crippen molar-refractivity contribution < 1.29 is 17.6 Å². The van der Waals surface area contributed by atoms with Crippen LogP contribution in [0.25, 0.3) is 0 Å². The molecule has 0 heterocycles. The van der Waals surface area contributed by atoms with Crippen LogP contribution < -0.4 is 5.32 Å². The molecule has 0 spiro atoms. The number of sulfonamides is 1. The first-order chi connectivity index (χ1) is 14.3. The molecule has 0 aliphatic rings. The summed E-state index contributed by atoms with van der Waals surface area (Å²) in [6.07, 6.45) is 0. The fraction of sp³-hybridized carbons (Fsp3) is 0.136. The second-order valence-electron chi connectivity index (χ2n) is 6.62. The van der Waals surface area contributed by atoms with E-state index in [1.807, 2.05) is 18.2 Å². The van der Waals surface area contributed by atoms with Gasteiger partial charge in [-0.3, -0.25) is 4.79 Å². The molecular formula is C22H20BrFN2O3S. The Morgan fingerprint density at radius 2 is 1.53 bits per heavy atom. The van der Waals surface area contributed by atoms with Crippen LogP contribution in [0.4, 0.5) is 4.39 Å². The van der Waals surface area contributed by atoms with Gasteiger partial charge in [-0.15, -0.1) is 0 Å². The summed E-state index contributed by atoms with van der Waals surface area (Å²) in [5, 5.41) is 2.69. The van der Waals surface area contributed by atoms with Crippen LogP contribution in [0.3, 0.4) is 0 Å². The summed E-state index contributed by atoms with van der Waals surface area (Å²) in [4.78, 5) is 12.6. The molecule has 1 N–H and O–H groups in total. The predicted octanol–water partition coefficient (Wildman–Crippen LogP) is 4.10. The molecule has 0 aromatic heterocycles. The first kappa shape index (κ1) is 22.1. The van der Waals surface area contributed by atoms with E-state index in [1.165, 1.54) is 24.3 Å². The van der Waals surface area contributed by atoms with Crippen molar-refractivity contribution in [2.45, 2.75) is 18.0 Å². The molecule has 1 amide bonds. The predicted molar refractivity (Wildman–Crippen MR) is 116 cm³/mol. The van der Waals surface area contributed by atoms with Gasteiger partial charge in [0, 0.05) is 17.6 Å². The summed E-state index contributed by atoms with van der Waals surface area (Å²) in [6.45, 7) is -0.103. The number of benzene rings is 3. The van der Waals surface area contributed by atoms with Crippen LogP contribution in [0.5, 0.6) is 0 Å². The SMILES string of the molecule is O=C(CN(Cc1ccccc1)S(=O)(=O)c1ccc(Br)cc1)NCc1ccc(F)cc1. The molecule has 0 aliphatic heterocycles. The Labute approximate surface area is 183 Å². The lowest BCUT2D eigenvalue weighted by atomic mass is 10.2. The molecule has 0 fully saturated rings. The maximum atomic E-state index is 13.2. The zero-order valence-corrected chi connectivity index (χ0v) is 18.4. The summed E-state index contributed by atoms with van der Waals surface area (Å²) in [6, 6.07) is 21.1. The Morgan fingerprint density at radius 1 is 0.900 bits per heavy atom. The lowest BCUT2D eigenvalue weighted by Crippen LogP contribution is -2.40. The lowest BCUT2D eigenvalue weighted by Gasteiger charge is -2.22. The van der Waals surface area contributed by atoms with E-state index in [-0.39, 0.29) is 30.3 Å². The number of rotatable bonds is 8. The average Bonchev–Trinajstić information content (AvgIpc) is 2.74. The van der Waals surface area contributed by atoms with E-state index in [2.05, 4.69) is 21.2 Å². The number of nitrogens with one attached hydrogen (secondary N) is 1. The van der Waals surface area contributed by atoms with Crippen LogP contribution in [0.1, 0.15) is 11.1 Å². The molecule has 0 radical (unpaired) electrons.